The summed E-state index contributed by atoms with van der Waals surface area (Å²) in [7, 11) is 3.87. The molecule has 2 aromatic heterocycles. The minimum atomic E-state index is -0.692. The average Bonchev–Trinajstić information content (AvgIpc) is 3.27. The van der Waals surface area contributed by atoms with Gasteiger partial charge in [-0.15, -0.1) is 0 Å². The van der Waals surface area contributed by atoms with Crippen LogP contribution in [0.4, 0.5) is 20.8 Å². The second-order valence-electron chi connectivity index (χ2n) is 8.46. The van der Waals surface area contributed by atoms with Crippen LogP contribution in [0.5, 0.6) is 0 Å². The lowest BCUT2D eigenvalue weighted by molar-refractivity contribution is 0.0259. The molecule has 10 heteroatoms. The Morgan fingerprint density at radius 3 is 2.75 bits per heavy atom. The summed E-state index contributed by atoms with van der Waals surface area (Å²) in [6, 6.07) is 9.66. The van der Waals surface area contributed by atoms with E-state index in [0.717, 1.165) is 23.0 Å². The second-order valence-corrected chi connectivity index (χ2v) is 8.46. The highest BCUT2D eigenvalue weighted by Crippen LogP contribution is 2.42. The molecule has 1 unspecified atom stereocenters. The predicted octanol–water partition coefficient (Wildman–Crippen LogP) is 3.57. The molecule has 0 saturated heterocycles. The van der Waals surface area contributed by atoms with E-state index in [1.807, 2.05) is 63.2 Å². The van der Waals surface area contributed by atoms with Crippen molar-refractivity contribution in [1.82, 2.24) is 30.0 Å². The highest BCUT2D eigenvalue weighted by Gasteiger charge is 2.45. The zero-order valence-corrected chi connectivity index (χ0v) is 18.5. The van der Waals surface area contributed by atoms with Crippen molar-refractivity contribution in [2.75, 3.05) is 26.0 Å². The molecular formula is C22H26FN7O2. The maximum atomic E-state index is 14.0. The number of hydrogen-bond donors (Lipinski definition) is 2. The fourth-order valence-corrected chi connectivity index (χ4v) is 3.82. The number of rotatable bonds is 6. The lowest BCUT2D eigenvalue weighted by Crippen LogP contribution is -2.42. The number of H-pyrrole nitrogens is 1. The number of aromatic amines is 1. The maximum absolute atomic E-state index is 14.0. The molecule has 1 aliphatic heterocycles. The zero-order valence-electron chi connectivity index (χ0n) is 18.5. The summed E-state index contributed by atoms with van der Waals surface area (Å²) >= 11 is 0. The van der Waals surface area contributed by atoms with Crippen LogP contribution in [-0.4, -0.2) is 56.7 Å². The van der Waals surface area contributed by atoms with Crippen LogP contribution < -0.4 is 5.32 Å². The number of aromatic nitrogens is 4. The molecule has 2 N–H and O–H groups in total. The van der Waals surface area contributed by atoms with Gasteiger partial charge in [0.1, 0.15) is 12.4 Å². The Labute approximate surface area is 185 Å². The number of carbonyl (C=O) groups is 1. The predicted molar refractivity (Wildman–Crippen MR) is 117 cm³/mol. The van der Waals surface area contributed by atoms with Crippen molar-refractivity contribution < 1.29 is 13.9 Å². The fourth-order valence-electron chi connectivity index (χ4n) is 3.82. The number of hydrogen-bond acceptors (Lipinski definition) is 7. The number of anilines is 2. The Hall–Kier alpha value is -3.53. The normalized spacial score (nSPS) is 15.5. The SMILES string of the molecule is CN(C)CC(OC(=O)N1Cc2c(Nc3ncncc3F)n[nH]c2C1(C)C)c1ccccc1. The molecule has 32 heavy (non-hydrogen) atoms. The number of nitrogens with one attached hydrogen (secondary N) is 2. The van der Waals surface area contributed by atoms with Crippen molar-refractivity contribution in [1.29, 1.82) is 0 Å². The first-order valence-corrected chi connectivity index (χ1v) is 10.3. The van der Waals surface area contributed by atoms with Crippen LogP contribution in [0.25, 0.3) is 0 Å². The number of halogens is 1. The lowest BCUT2D eigenvalue weighted by Gasteiger charge is -2.33. The Morgan fingerprint density at radius 2 is 2.06 bits per heavy atom. The summed E-state index contributed by atoms with van der Waals surface area (Å²) in [5.74, 6) is -0.163. The topological polar surface area (TPSA) is 99.3 Å². The van der Waals surface area contributed by atoms with Crippen molar-refractivity contribution >= 4 is 17.7 Å². The van der Waals surface area contributed by atoms with E-state index < -0.39 is 23.6 Å². The van der Waals surface area contributed by atoms with E-state index in [0.29, 0.717) is 12.4 Å². The monoisotopic (exact) mass is 439 g/mol. The summed E-state index contributed by atoms with van der Waals surface area (Å²) in [5, 5.41) is 10.1. The molecule has 4 rings (SSSR count). The van der Waals surface area contributed by atoms with Crippen molar-refractivity contribution in [2.45, 2.75) is 32.0 Å². The molecule has 0 aliphatic carbocycles. The molecule has 1 atom stereocenters. The minimum absolute atomic E-state index is 0.0169. The summed E-state index contributed by atoms with van der Waals surface area (Å²) < 4.78 is 19.9. The molecule has 0 saturated carbocycles. The molecule has 1 amide bonds. The van der Waals surface area contributed by atoms with Crippen molar-refractivity contribution in [3.8, 4) is 0 Å². The Kier molecular flexibility index (Phi) is 5.79. The highest BCUT2D eigenvalue weighted by molar-refractivity contribution is 5.72. The van der Waals surface area contributed by atoms with Gasteiger partial charge in [-0.25, -0.2) is 19.2 Å². The van der Waals surface area contributed by atoms with Crippen LogP contribution in [0.1, 0.15) is 36.8 Å². The van der Waals surface area contributed by atoms with Crippen LogP contribution >= 0.6 is 0 Å². The Balaban J connectivity index is 1.55. The first-order valence-electron chi connectivity index (χ1n) is 10.3. The van der Waals surface area contributed by atoms with Crippen molar-refractivity contribution in [3.63, 3.8) is 0 Å². The van der Waals surface area contributed by atoms with Gasteiger partial charge in [0.05, 0.1) is 24.0 Å². The molecule has 9 nitrogen and oxygen atoms in total. The number of fused-ring (bicyclic) bond motifs is 1. The van der Waals surface area contributed by atoms with E-state index in [9.17, 15) is 9.18 Å². The van der Waals surface area contributed by atoms with Gasteiger partial charge in [0.2, 0.25) is 0 Å². The van der Waals surface area contributed by atoms with Gasteiger partial charge in [-0.3, -0.25) is 10.00 Å². The van der Waals surface area contributed by atoms with E-state index in [1.54, 1.807) is 4.90 Å². The van der Waals surface area contributed by atoms with E-state index in [2.05, 4.69) is 25.5 Å². The molecular weight excluding hydrogens is 413 g/mol. The fraction of sp³-hybridized carbons (Fsp3) is 0.364. The summed E-state index contributed by atoms with van der Waals surface area (Å²) in [5.41, 5.74) is 1.75. The molecule has 168 valence electrons. The van der Waals surface area contributed by atoms with Crippen LogP contribution in [-0.2, 0) is 16.8 Å². The van der Waals surface area contributed by atoms with Crippen LogP contribution in [0.3, 0.4) is 0 Å². The van der Waals surface area contributed by atoms with Crippen LogP contribution in [0, 0.1) is 5.82 Å². The number of amides is 1. The third-order valence-electron chi connectivity index (χ3n) is 5.54. The van der Waals surface area contributed by atoms with Crippen LogP contribution in [0.15, 0.2) is 42.9 Å². The second kappa shape index (κ2) is 8.54. The lowest BCUT2D eigenvalue weighted by atomic mass is 10.0. The summed E-state index contributed by atoms with van der Waals surface area (Å²) in [4.78, 5) is 24.4. The third kappa shape index (κ3) is 4.13. The van der Waals surface area contributed by atoms with Gasteiger partial charge in [-0.1, -0.05) is 30.3 Å². The standard InChI is InChI=1S/C22H26FN7O2/c1-22(2)18-15(19(28-27-18)26-20-16(23)10-24-13-25-20)11-30(22)21(31)32-17(12-29(3)4)14-8-6-5-7-9-14/h5-10,13,17H,11-12H2,1-4H3,(H2,24,25,26,27,28). The molecule has 1 aliphatic rings. The first-order chi connectivity index (χ1) is 15.3. The molecule has 0 fully saturated rings. The molecule has 0 bridgehead atoms. The van der Waals surface area contributed by atoms with Gasteiger partial charge >= 0.3 is 6.09 Å². The quantitative estimate of drug-likeness (QED) is 0.606. The van der Waals surface area contributed by atoms with Crippen molar-refractivity contribution in [2.24, 2.45) is 0 Å². The average molecular weight is 439 g/mol. The van der Waals surface area contributed by atoms with Gasteiger partial charge in [0, 0.05) is 12.1 Å². The number of ether oxygens (including phenoxy) is 1. The van der Waals surface area contributed by atoms with Gasteiger partial charge in [-0.05, 0) is 33.5 Å². The van der Waals surface area contributed by atoms with E-state index >= 15 is 0 Å². The van der Waals surface area contributed by atoms with E-state index in [-0.39, 0.29) is 12.4 Å². The molecule has 0 spiro atoms. The van der Waals surface area contributed by atoms with Gasteiger partial charge in [0.25, 0.3) is 0 Å². The molecule has 3 heterocycles. The third-order valence-corrected chi connectivity index (χ3v) is 5.54. The van der Waals surface area contributed by atoms with E-state index in [4.69, 9.17) is 4.74 Å². The largest absolute Gasteiger partial charge is 0.440 e. The van der Waals surface area contributed by atoms with Crippen molar-refractivity contribution in [3.05, 3.63) is 65.5 Å². The summed E-state index contributed by atoms with van der Waals surface area (Å²) in [6.07, 6.45) is 1.47. The van der Waals surface area contributed by atoms with E-state index in [1.165, 1.54) is 6.33 Å². The smallest absolute Gasteiger partial charge is 0.411 e. The maximum Gasteiger partial charge on any atom is 0.411 e. The molecule has 1 aromatic carbocycles. The first kappa shape index (κ1) is 21.7. The van der Waals surface area contributed by atoms with Gasteiger partial charge in [-0.2, -0.15) is 5.10 Å². The minimum Gasteiger partial charge on any atom is -0.440 e. The molecule has 0 radical (unpaired) electrons. The van der Waals surface area contributed by atoms with Gasteiger partial charge in [0.15, 0.2) is 17.5 Å². The zero-order chi connectivity index (χ0) is 22.9. The summed E-state index contributed by atoms with van der Waals surface area (Å²) in [6.45, 7) is 4.64. The van der Waals surface area contributed by atoms with Crippen LogP contribution in [0.2, 0.25) is 0 Å². The molecule has 3 aromatic rings. The highest BCUT2D eigenvalue weighted by atomic mass is 19.1. The number of carbonyl (C=O) groups excluding carboxylic acids is 1. The number of likely N-dealkylation sites (N-methyl/N-ethyl adjacent to an activating group) is 1. The number of nitrogens with zero attached hydrogens (tertiary/aromatic N) is 5. The Morgan fingerprint density at radius 1 is 1.31 bits per heavy atom. The number of benzene rings is 1. The Bertz CT molecular complexity index is 1100. The van der Waals surface area contributed by atoms with Gasteiger partial charge < -0.3 is 15.0 Å².